The van der Waals surface area contributed by atoms with E-state index in [0.717, 1.165) is 22.5 Å². The lowest BCUT2D eigenvalue weighted by atomic mass is 10.0. The second kappa shape index (κ2) is 9.01. The fourth-order valence-corrected chi connectivity index (χ4v) is 3.79. The lowest BCUT2D eigenvalue weighted by molar-refractivity contribution is -0.131. The van der Waals surface area contributed by atoms with Gasteiger partial charge in [-0.15, -0.1) is 5.10 Å². The largest absolute Gasteiger partial charge is 0.488 e. The second-order valence-corrected chi connectivity index (χ2v) is 7.71. The lowest BCUT2D eigenvalue weighted by Gasteiger charge is -2.13. The number of aliphatic carboxylic acids is 1. The minimum absolute atomic E-state index is 0.0154. The highest BCUT2D eigenvalue weighted by molar-refractivity contribution is 8.04. The molecule has 3 aromatic carbocycles. The number of fused-ring (bicyclic) bond motifs is 1. The van der Waals surface area contributed by atoms with Gasteiger partial charge in [0.25, 0.3) is 0 Å². The summed E-state index contributed by atoms with van der Waals surface area (Å²) in [6.45, 7) is 1.75. The highest BCUT2D eigenvalue weighted by Gasteiger charge is 2.16. The standard InChI is InChI=1S/C23H18FN3O3S/c1-14-25-23(27-26-14)31-21(22(28)29)12-18-17-8-4-2-6-15(17)10-11-20(18)30-13-16-7-3-5-9-19(16)24/h2-12H,13H2,1H3,(H,28,29)(H,25,26,27)/b21-12-. The van der Waals surface area contributed by atoms with Crippen molar-refractivity contribution in [1.29, 1.82) is 0 Å². The van der Waals surface area contributed by atoms with E-state index in [-0.39, 0.29) is 17.3 Å². The van der Waals surface area contributed by atoms with Gasteiger partial charge in [-0.2, -0.15) is 0 Å². The maximum atomic E-state index is 14.0. The number of rotatable bonds is 7. The van der Waals surface area contributed by atoms with Crippen molar-refractivity contribution in [2.24, 2.45) is 0 Å². The third-order valence-electron chi connectivity index (χ3n) is 4.54. The third-order valence-corrected chi connectivity index (χ3v) is 5.41. The molecule has 2 N–H and O–H groups in total. The molecule has 31 heavy (non-hydrogen) atoms. The maximum absolute atomic E-state index is 14.0. The molecule has 1 heterocycles. The van der Waals surface area contributed by atoms with E-state index in [2.05, 4.69) is 15.2 Å². The zero-order chi connectivity index (χ0) is 21.8. The smallest absolute Gasteiger partial charge is 0.342 e. The van der Waals surface area contributed by atoms with Crippen LogP contribution in [0.4, 0.5) is 4.39 Å². The normalized spacial score (nSPS) is 11.6. The number of aryl methyl sites for hydroxylation is 1. The molecule has 0 aliphatic rings. The summed E-state index contributed by atoms with van der Waals surface area (Å²) in [6.07, 6.45) is 1.54. The van der Waals surface area contributed by atoms with Crippen molar-refractivity contribution in [2.45, 2.75) is 18.7 Å². The van der Waals surface area contributed by atoms with E-state index in [1.807, 2.05) is 30.3 Å². The van der Waals surface area contributed by atoms with Crippen LogP contribution in [0.25, 0.3) is 16.8 Å². The molecule has 0 radical (unpaired) electrons. The Kier molecular flexibility index (Phi) is 5.99. The van der Waals surface area contributed by atoms with Gasteiger partial charge in [0.05, 0.1) is 0 Å². The van der Waals surface area contributed by atoms with E-state index >= 15 is 0 Å². The molecule has 0 atom stereocenters. The quantitative estimate of drug-likeness (QED) is 0.306. The van der Waals surface area contributed by atoms with Crippen LogP contribution in [0.2, 0.25) is 0 Å². The van der Waals surface area contributed by atoms with Crippen LogP contribution in [0.15, 0.2) is 70.7 Å². The molecule has 0 fully saturated rings. The van der Waals surface area contributed by atoms with E-state index in [0.29, 0.717) is 27.9 Å². The molecule has 4 aromatic rings. The molecule has 0 aliphatic carbocycles. The highest BCUT2D eigenvalue weighted by atomic mass is 32.2. The van der Waals surface area contributed by atoms with Gasteiger partial charge < -0.3 is 9.84 Å². The number of thioether (sulfide) groups is 1. The summed E-state index contributed by atoms with van der Waals surface area (Å²) in [4.78, 5) is 16.1. The molecule has 156 valence electrons. The van der Waals surface area contributed by atoms with Gasteiger partial charge in [0.1, 0.15) is 28.9 Å². The zero-order valence-electron chi connectivity index (χ0n) is 16.5. The summed E-state index contributed by atoms with van der Waals surface area (Å²) in [5, 5.41) is 18.5. The van der Waals surface area contributed by atoms with Gasteiger partial charge in [0.15, 0.2) is 0 Å². The summed E-state index contributed by atoms with van der Waals surface area (Å²) in [5.41, 5.74) is 1.00. The first-order valence-electron chi connectivity index (χ1n) is 9.41. The summed E-state index contributed by atoms with van der Waals surface area (Å²) in [5.74, 6) is -0.429. The number of benzene rings is 3. The molecule has 0 saturated carbocycles. The Labute approximate surface area is 181 Å². The number of aromatic nitrogens is 3. The SMILES string of the molecule is Cc1nc(S/C(=C\c2c(OCc3ccccc3F)ccc3ccccc23)C(=O)O)n[nH]1. The Balaban J connectivity index is 1.76. The predicted molar refractivity (Wildman–Crippen MR) is 117 cm³/mol. The first-order valence-corrected chi connectivity index (χ1v) is 10.2. The first kappa shape index (κ1) is 20.6. The Morgan fingerprint density at radius 2 is 1.94 bits per heavy atom. The molecule has 0 bridgehead atoms. The number of carboxylic acids is 1. The van der Waals surface area contributed by atoms with Crippen LogP contribution < -0.4 is 4.74 Å². The molecule has 4 rings (SSSR count). The van der Waals surface area contributed by atoms with E-state index in [9.17, 15) is 14.3 Å². The molecule has 0 amide bonds. The number of halogens is 1. The highest BCUT2D eigenvalue weighted by Crippen LogP contribution is 2.34. The number of ether oxygens (including phenoxy) is 1. The van der Waals surface area contributed by atoms with E-state index in [4.69, 9.17) is 4.74 Å². The molecule has 0 spiro atoms. The Bertz CT molecular complexity index is 1290. The summed E-state index contributed by atoms with van der Waals surface area (Å²) in [6, 6.07) is 17.6. The van der Waals surface area contributed by atoms with Crippen LogP contribution in [0.5, 0.6) is 5.75 Å². The van der Waals surface area contributed by atoms with Crippen molar-refractivity contribution in [3.63, 3.8) is 0 Å². The van der Waals surface area contributed by atoms with E-state index in [1.165, 1.54) is 12.1 Å². The number of H-pyrrole nitrogens is 1. The van der Waals surface area contributed by atoms with E-state index < -0.39 is 5.97 Å². The molecule has 0 aliphatic heterocycles. The van der Waals surface area contributed by atoms with Gasteiger partial charge in [-0.05, 0) is 47.7 Å². The van der Waals surface area contributed by atoms with Crippen molar-refractivity contribution in [3.05, 3.63) is 88.3 Å². The van der Waals surface area contributed by atoms with Gasteiger partial charge in [-0.3, -0.25) is 5.10 Å². The number of aromatic amines is 1. The minimum atomic E-state index is -1.11. The van der Waals surface area contributed by atoms with Crippen LogP contribution in [0.3, 0.4) is 0 Å². The van der Waals surface area contributed by atoms with Gasteiger partial charge in [-0.25, -0.2) is 14.2 Å². The minimum Gasteiger partial charge on any atom is -0.488 e. The number of nitrogens with zero attached hydrogens (tertiary/aromatic N) is 2. The summed E-state index contributed by atoms with van der Waals surface area (Å²) in [7, 11) is 0. The van der Waals surface area contributed by atoms with Crippen molar-refractivity contribution in [2.75, 3.05) is 0 Å². The average molecular weight is 435 g/mol. The molecular weight excluding hydrogens is 417 g/mol. The molecule has 8 heteroatoms. The predicted octanol–water partition coefficient (Wildman–Crippen LogP) is 5.20. The fourth-order valence-electron chi connectivity index (χ4n) is 3.05. The zero-order valence-corrected chi connectivity index (χ0v) is 17.3. The monoisotopic (exact) mass is 435 g/mol. The summed E-state index contributed by atoms with van der Waals surface area (Å²) < 4.78 is 19.9. The van der Waals surface area contributed by atoms with E-state index in [1.54, 1.807) is 31.2 Å². The van der Waals surface area contributed by atoms with Gasteiger partial charge in [0, 0.05) is 11.1 Å². The van der Waals surface area contributed by atoms with Crippen LogP contribution in [-0.4, -0.2) is 26.3 Å². The van der Waals surface area contributed by atoms with Gasteiger partial charge >= 0.3 is 5.97 Å². The summed E-state index contributed by atoms with van der Waals surface area (Å²) >= 11 is 0.939. The van der Waals surface area contributed by atoms with Crippen LogP contribution in [0, 0.1) is 12.7 Å². The molecule has 6 nitrogen and oxygen atoms in total. The van der Waals surface area contributed by atoms with Crippen molar-refractivity contribution in [1.82, 2.24) is 15.2 Å². The number of nitrogens with one attached hydrogen (secondary N) is 1. The molecule has 0 saturated heterocycles. The number of hydrogen-bond donors (Lipinski definition) is 2. The van der Waals surface area contributed by atoms with Gasteiger partial charge in [0.2, 0.25) is 5.16 Å². The maximum Gasteiger partial charge on any atom is 0.342 e. The van der Waals surface area contributed by atoms with Crippen molar-refractivity contribution >= 4 is 34.6 Å². The Hall–Kier alpha value is -3.65. The van der Waals surface area contributed by atoms with Crippen LogP contribution in [-0.2, 0) is 11.4 Å². The first-order chi connectivity index (χ1) is 15.0. The van der Waals surface area contributed by atoms with Gasteiger partial charge in [-0.1, -0.05) is 48.5 Å². The van der Waals surface area contributed by atoms with Crippen LogP contribution in [0.1, 0.15) is 17.0 Å². The lowest BCUT2D eigenvalue weighted by Crippen LogP contribution is -2.01. The Morgan fingerprint density at radius 1 is 1.16 bits per heavy atom. The third kappa shape index (κ3) is 4.75. The average Bonchev–Trinajstić information content (AvgIpc) is 3.18. The topological polar surface area (TPSA) is 88.1 Å². The number of carbonyl (C=O) groups is 1. The van der Waals surface area contributed by atoms with Crippen molar-refractivity contribution < 1.29 is 19.0 Å². The second-order valence-electron chi connectivity index (χ2n) is 6.70. The van der Waals surface area contributed by atoms with Crippen molar-refractivity contribution in [3.8, 4) is 5.75 Å². The number of hydrogen-bond acceptors (Lipinski definition) is 5. The Morgan fingerprint density at radius 3 is 2.68 bits per heavy atom. The fraction of sp³-hybridized carbons (Fsp3) is 0.0870. The molecule has 0 unspecified atom stereocenters. The molecule has 1 aromatic heterocycles. The number of carboxylic acid groups (broad SMARTS) is 1. The molecular formula is C23H18FN3O3S. The van der Waals surface area contributed by atoms with Crippen LogP contribution >= 0.6 is 11.8 Å².